The van der Waals surface area contributed by atoms with E-state index >= 15 is 0 Å². The highest BCUT2D eigenvalue weighted by atomic mass is 32.1. The Hall–Kier alpha value is -3.85. The standard InChI is InChI=1S/C25H24FN5O2S/c1-16-23(24(32)28-12-17-7-9-19(26)10-8-17)34-25(29-16)21-13-27-14-22(30-21)31(2)15-18-5-4-6-20(11-18)33-3/h4-11,13-14H,12,15H2,1-3H3,(H,28,32). The first-order valence-electron chi connectivity index (χ1n) is 10.6. The van der Waals surface area contributed by atoms with Gasteiger partial charge in [-0.05, 0) is 42.3 Å². The van der Waals surface area contributed by atoms with Gasteiger partial charge in [0.25, 0.3) is 5.91 Å². The van der Waals surface area contributed by atoms with Gasteiger partial charge in [0.15, 0.2) is 0 Å². The number of methoxy groups -OCH3 is 1. The number of aryl methyl sites for hydroxylation is 1. The summed E-state index contributed by atoms with van der Waals surface area (Å²) in [5.41, 5.74) is 3.11. The van der Waals surface area contributed by atoms with Gasteiger partial charge in [-0.3, -0.25) is 9.78 Å². The van der Waals surface area contributed by atoms with E-state index in [0.717, 1.165) is 16.9 Å². The van der Waals surface area contributed by atoms with E-state index in [1.165, 1.54) is 23.5 Å². The van der Waals surface area contributed by atoms with Crippen LogP contribution in [0.5, 0.6) is 5.75 Å². The topological polar surface area (TPSA) is 80.2 Å². The fraction of sp³-hybridized carbons (Fsp3) is 0.200. The predicted molar refractivity (Wildman–Crippen MR) is 131 cm³/mol. The normalized spacial score (nSPS) is 10.7. The predicted octanol–water partition coefficient (Wildman–Crippen LogP) is 4.62. The van der Waals surface area contributed by atoms with E-state index in [1.807, 2.05) is 36.2 Å². The molecule has 7 nitrogen and oxygen atoms in total. The van der Waals surface area contributed by atoms with Crippen LogP contribution in [0.2, 0.25) is 0 Å². The molecule has 2 heterocycles. The number of aromatic nitrogens is 3. The second-order valence-electron chi connectivity index (χ2n) is 7.71. The molecule has 0 saturated heterocycles. The number of hydrogen-bond acceptors (Lipinski definition) is 7. The fourth-order valence-electron chi connectivity index (χ4n) is 3.35. The summed E-state index contributed by atoms with van der Waals surface area (Å²) in [6.45, 7) is 2.72. The molecule has 2 aromatic carbocycles. The summed E-state index contributed by atoms with van der Waals surface area (Å²) in [7, 11) is 3.58. The van der Waals surface area contributed by atoms with Crippen molar-refractivity contribution >= 4 is 23.1 Å². The molecular weight excluding hydrogens is 453 g/mol. The van der Waals surface area contributed by atoms with Crippen LogP contribution in [0.4, 0.5) is 10.2 Å². The van der Waals surface area contributed by atoms with Crippen molar-refractivity contribution in [1.29, 1.82) is 0 Å². The molecule has 0 unspecified atom stereocenters. The number of carbonyl (C=O) groups is 1. The van der Waals surface area contributed by atoms with Crippen LogP contribution in [-0.4, -0.2) is 35.0 Å². The lowest BCUT2D eigenvalue weighted by atomic mass is 10.2. The van der Waals surface area contributed by atoms with Crippen molar-refractivity contribution in [3.63, 3.8) is 0 Å². The highest BCUT2D eigenvalue weighted by Gasteiger charge is 2.18. The molecule has 0 spiro atoms. The van der Waals surface area contributed by atoms with Crippen LogP contribution < -0.4 is 15.0 Å². The Morgan fingerprint density at radius 2 is 1.91 bits per heavy atom. The average Bonchev–Trinajstić information content (AvgIpc) is 3.25. The second-order valence-corrected chi connectivity index (χ2v) is 8.71. The first-order valence-corrected chi connectivity index (χ1v) is 11.4. The summed E-state index contributed by atoms with van der Waals surface area (Å²) < 4.78 is 18.4. The summed E-state index contributed by atoms with van der Waals surface area (Å²) >= 11 is 1.27. The molecule has 4 rings (SSSR count). The monoisotopic (exact) mass is 477 g/mol. The van der Waals surface area contributed by atoms with Crippen molar-refractivity contribution in [1.82, 2.24) is 20.3 Å². The van der Waals surface area contributed by atoms with E-state index in [4.69, 9.17) is 9.72 Å². The summed E-state index contributed by atoms with van der Waals surface area (Å²) in [4.78, 5) is 28.8. The molecule has 1 amide bonds. The molecule has 34 heavy (non-hydrogen) atoms. The number of thiazole rings is 1. The molecule has 2 aromatic heterocycles. The number of amides is 1. The van der Waals surface area contributed by atoms with E-state index in [-0.39, 0.29) is 11.7 Å². The lowest BCUT2D eigenvalue weighted by Crippen LogP contribution is -2.22. The van der Waals surface area contributed by atoms with Crippen molar-refractivity contribution in [3.05, 3.63) is 88.4 Å². The number of benzene rings is 2. The molecule has 174 valence electrons. The Kier molecular flexibility index (Phi) is 7.12. The zero-order valence-electron chi connectivity index (χ0n) is 19.1. The Morgan fingerprint density at radius 3 is 2.68 bits per heavy atom. The average molecular weight is 478 g/mol. The molecule has 0 bridgehead atoms. The van der Waals surface area contributed by atoms with Gasteiger partial charge < -0.3 is 15.0 Å². The van der Waals surface area contributed by atoms with Crippen LogP contribution in [0.3, 0.4) is 0 Å². The molecule has 4 aromatic rings. The molecule has 9 heteroatoms. The molecule has 0 fully saturated rings. The van der Waals surface area contributed by atoms with E-state index in [9.17, 15) is 9.18 Å². The van der Waals surface area contributed by atoms with Crippen molar-refractivity contribution < 1.29 is 13.9 Å². The lowest BCUT2D eigenvalue weighted by Gasteiger charge is -2.18. The minimum Gasteiger partial charge on any atom is -0.497 e. The van der Waals surface area contributed by atoms with Gasteiger partial charge in [0.1, 0.15) is 33.0 Å². The first kappa shape index (κ1) is 23.3. The third-order valence-electron chi connectivity index (χ3n) is 5.16. The number of anilines is 1. The Bertz CT molecular complexity index is 1290. The summed E-state index contributed by atoms with van der Waals surface area (Å²) in [6.07, 6.45) is 3.34. The number of hydrogen-bond donors (Lipinski definition) is 1. The molecule has 0 radical (unpaired) electrons. The fourth-order valence-corrected chi connectivity index (χ4v) is 4.29. The molecule has 0 aliphatic heterocycles. The van der Waals surface area contributed by atoms with Gasteiger partial charge in [0, 0.05) is 20.1 Å². The van der Waals surface area contributed by atoms with Crippen LogP contribution >= 0.6 is 11.3 Å². The third kappa shape index (κ3) is 5.55. The maximum atomic E-state index is 13.1. The lowest BCUT2D eigenvalue weighted by molar-refractivity contribution is 0.0954. The minimum absolute atomic E-state index is 0.232. The number of rotatable bonds is 8. The van der Waals surface area contributed by atoms with Gasteiger partial charge in [-0.25, -0.2) is 14.4 Å². The van der Waals surface area contributed by atoms with Gasteiger partial charge in [-0.2, -0.15) is 0 Å². The summed E-state index contributed by atoms with van der Waals surface area (Å²) in [5, 5.41) is 3.48. The molecule has 0 aliphatic carbocycles. The first-order chi connectivity index (χ1) is 16.4. The number of carbonyl (C=O) groups excluding carboxylic acids is 1. The second kappa shape index (κ2) is 10.4. The minimum atomic E-state index is -0.310. The zero-order chi connectivity index (χ0) is 24.1. The Morgan fingerprint density at radius 1 is 1.12 bits per heavy atom. The summed E-state index contributed by atoms with van der Waals surface area (Å²) in [6, 6.07) is 13.9. The largest absolute Gasteiger partial charge is 0.497 e. The van der Waals surface area contributed by atoms with E-state index in [1.54, 1.807) is 38.6 Å². The van der Waals surface area contributed by atoms with Crippen LogP contribution in [0.25, 0.3) is 10.7 Å². The quantitative estimate of drug-likeness (QED) is 0.399. The van der Waals surface area contributed by atoms with E-state index in [2.05, 4.69) is 15.3 Å². The van der Waals surface area contributed by atoms with Gasteiger partial charge >= 0.3 is 0 Å². The third-order valence-corrected chi connectivity index (χ3v) is 6.33. The Labute approximate surface area is 201 Å². The smallest absolute Gasteiger partial charge is 0.263 e. The molecular formula is C25H24FN5O2S. The highest BCUT2D eigenvalue weighted by Crippen LogP contribution is 2.28. The van der Waals surface area contributed by atoms with Crippen LogP contribution in [0.1, 0.15) is 26.5 Å². The van der Waals surface area contributed by atoms with Crippen molar-refractivity contribution in [2.45, 2.75) is 20.0 Å². The van der Waals surface area contributed by atoms with Gasteiger partial charge in [-0.15, -0.1) is 11.3 Å². The zero-order valence-corrected chi connectivity index (χ0v) is 19.9. The molecule has 0 atom stereocenters. The summed E-state index contributed by atoms with van der Waals surface area (Å²) in [5.74, 6) is 0.949. The van der Waals surface area contributed by atoms with Gasteiger partial charge in [-0.1, -0.05) is 24.3 Å². The van der Waals surface area contributed by atoms with Gasteiger partial charge in [0.2, 0.25) is 0 Å². The number of ether oxygens (including phenoxy) is 1. The molecule has 0 aliphatic rings. The maximum absolute atomic E-state index is 13.1. The van der Waals surface area contributed by atoms with Gasteiger partial charge in [0.05, 0.1) is 25.2 Å². The van der Waals surface area contributed by atoms with Crippen molar-refractivity contribution in [2.24, 2.45) is 0 Å². The molecule has 0 saturated carbocycles. The highest BCUT2D eigenvalue weighted by molar-refractivity contribution is 7.17. The van der Waals surface area contributed by atoms with E-state index in [0.29, 0.717) is 40.2 Å². The maximum Gasteiger partial charge on any atom is 0.263 e. The van der Waals surface area contributed by atoms with E-state index < -0.39 is 0 Å². The number of halogens is 1. The number of nitrogens with one attached hydrogen (secondary N) is 1. The Balaban J connectivity index is 1.47. The SMILES string of the molecule is COc1cccc(CN(C)c2cncc(-c3nc(C)c(C(=O)NCc4ccc(F)cc4)s3)n2)c1. The van der Waals surface area contributed by atoms with Crippen molar-refractivity contribution in [2.75, 3.05) is 19.1 Å². The van der Waals surface area contributed by atoms with Crippen LogP contribution in [0.15, 0.2) is 60.9 Å². The number of nitrogens with zero attached hydrogens (tertiary/aromatic N) is 4. The van der Waals surface area contributed by atoms with Crippen molar-refractivity contribution in [3.8, 4) is 16.5 Å². The van der Waals surface area contributed by atoms with Crippen LogP contribution in [-0.2, 0) is 13.1 Å². The molecule has 1 N–H and O–H groups in total. The van der Waals surface area contributed by atoms with Crippen LogP contribution in [0, 0.1) is 12.7 Å².